The van der Waals surface area contributed by atoms with Crippen LogP contribution in [0.2, 0.25) is 0 Å². The fraction of sp³-hybridized carbons (Fsp3) is 0.165. The van der Waals surface area contributed by atoms with Gasteiger partial charge in [-0.05, 0) is 29.6 Å². The van der Waals surface area contributed by atoms with Crippen LogP contribution in [0, 0.1) is 0 Å². The molecule has 0 saturated carbocycles. The second kappa shape index (κ2) is 56.1. The monoisotopic (exact) mass is 2250 g/mol. The predicted octanol–water partition coefficient (Wildman–Crippen LogP) is 21.1. The third-order valence-electron chi connectivity index (χ3n) is 16.6. The van der Waals surface area contributed by atoms with Crippen molar-refractivity contribution >= 4 is 280 Å². The number of thiophene rings is 1. The molecule has 0 saturated heterocycles. The van der Waals surface area contributed by atoms with Gasteiger partial charge in [0.1, 0.15) is 0 Å². The summed E-state index contributed by atoms with van der Waals surface area (Å²) < 4.78 is 11.3. The van der Waals surface area contributed by atoms with E-state index < -0.39 is 21.9 Å². The van der Waals surface area contributed by atoms with E-state index in [2.05, 4.69) is 189 Å². The van der Waals surface area contributed by atoms with Crippen LogP contribution in [0.4, 0.5) is 0 Å². The minimum absolute atomic E-state index is 0.0316. The summed E-state index contributed by atoms with van der Waals surface area (Å²) in [6.45, 7) is 0. The van der Waals surface area contributed by atoms with E-state index in [4.69, 9.17) is 53.3 Å². The molecule has 17 rings (SSSR count). The molecule has 10 heterocycles. The summed E-state index contributed by atoms with van der Waals surface area (Å²) in [4.78, 5) is 112. The van der Waals surface area contributed by atoms with E-state index in [-0.39, 0.29) is 106 Å². The van der Waals surface area contributed by atoms with Crippen molar-refractivity contribution < 1.29 is 38.4 Å². The number of Topliss-reactive ketones (excluding diaryl/α,β-unsaturated/α-hetero) is 6. The van der Waals surface area contributed by atoms with Crippen molar-refractivity contribution in [1.82, 2.24) is 0 Å². The van der Waals surface area contributed by atoms with Crippen LogP contribution in [-0.4, -0.2) is 187 Å². The van der Waals surface area contributed by atoms with Crippen LogP contribution in [0.3, 0.4) is 0 Å². The van der Waals surface area contributed by atoms with Crippen molar-refractivity contribution in [3.63, 3.8) is 0 Å². The van der Waals surface area contributed by atoms with Crippen molar-refractivity contribution in [2.75, 3.05) is 0 Å². The van der Waals surface area contributed by atoms with Crippen LogP contribution in [0.15, 0.2) is 305 Å². The summed E-state index contributed by atoms with van der Waals surface area (Å²) in [5, 5.41) is -1.06. The average molecular weight is 2250 g/mol. The third-order valence-corrected chi connectivity index (χ3v) is 35.8. The van der Waals surface area contributed by atoms with Crippen LogP contribution in [0.25, 0.3) is 37.2 Å². The van der Waals surface area contributed by atoms with Gasteiger partial charge in [0.2, 0.25) is 10.5 Å². The Labute approximate surface area is 759 Å². The zero-order chi connectivity index (χ0) is 81.6. The summed E-state index contributed by atoms with van der Waals surface area (Å²) in [5.41, 5.74) is 9.25. The topological polar surface area (TPSA) is 137 Å². The summed E-state index contributed by atoms with van der Waals surface area (Å²) in [7, 11) is 14.8. The van der Waals surface area contributed by atoms with E-state index in [0.29, 0.717) is 111 Å². The SMILES string of the molecule is C1=C(c2ccc[se]2)CC(c2ccc[se]2)=C1.C1=CCC(c2ccc(-c3ccc[se]3)s2)=C1.C1=CCC(c2ccc(C3=CC=CC3)[se]2)=C1.C1=CCC=C1.O=C(CCC(=O)c1ccc[se]1)C1=CC=CC1.O=C(CCC(=O)c1ccc[se]1)C1=CC=CC1.O=C(CCC(=O)c1ccc[se]1)c1ccc[se]1.O=C(Cl)CCC(=O)Cl.[Cl][Al]([Cl])[Cl].c1cc[se]c1. The van der Waals surface area contributed by atoms with Gasteiger partial charge in [-0.3, -0.25) is 9.59 Å². The Morgan fingerprint density at radius 3 is 0.939 bits per heavy atom. The van der Waals surface area contributed by atoms with Gasteiger partial charge in [0.15, 0.2) is 0 Å². The summed E-state index contributed by atoms with van der Waals surface area (Å²) in [5.74, 6) is 0.749. The normalized spacial score (nSPS) is 13.5. The molecule has 0 N–H and O–H groups in total. The molecule has 10 aromatic rings. The van der Waals surface area contributed by atoms with Crippen molar-refractivity contribution in [2.24, 2.45) is 0 Å². The molecule has 24 heteroatoms. The fourth-order valence-electron chi connectivity index (χ4n) is 10.8. The first-order valence-electron chi connectivity index (χ1n) is 36.4. The van der Waals surface area contributed by atoms with Crippen molar-refractivity contribution in [3.8, 4) is 9.31 Å². The first kappa shape index (κ1) is 95.9. The van der Waals surface area contributed by atoms with Gasteiger partial charge >= 0.3 is 652 Å². The molecule has 0 bridgehead atoms. The maximum absolute atomic E-state index is 11.7. The van der Waals surface area contributed by atoms with Gasteiger partial charge in [-0.15, -0.1) is 0 Å². The molecule has 0 atom stereocenters. The zero-order valence-electron chi connectivity index (χ0n) is 62.3. The Hall–Kier alpha value is -4.60. The van der Waals surface area contributed by atoms with Gasteiger partial charge in [-0.1, -0.05) is 24.3 Å². The van der Waals surface area contributed by atoms with Crippen molar-refractivity contribution in [2.45, 2.75) is 96.3 Å². The van der Waals surface area contributed by atoms with E-state index in [0.717, 1.165) is 73.8 Å². The average Bonchev–Trinajstić information content (AvgIpc) is 1.70. The number of ketones is 6. The first-order valence-corrected chi connectivity index (χ1v) is 59.8. The number of rotatable bonds is 24. The Balaban J connectivity index is 0.000000164. The summed E-state index contributed by atoms with van der Waals surface area (Å²) in [6.07, 6.45) is 53.6. The van der Waals surface area contributed by atoms with Crippen LogP contribution >= 0.6 is 64.7 Å². The molecular weight excluding hydrogens is 2170 g/mol. The molecule has 0 fully saturated rings. The van der Waals surface area contributed by atoms with E-state index in [1.165, 1.54) is 30.9 Å². The quantitative estimate of drug-likeness (QED) is 0.0331. The number of hydrogen-bond acceptors (Lipinski definition) is 9. The number of carbonyl (C=O) groups is 8. The number of carbonyl (C=O) groups excluding carboxylic acids is 8. The molecule has 7 aliphatic carbocycles. The second-order valence-electron chi connectivity index (χ2n) is 24.7. The van der Waals surface area contributed by atoms with E-state index in [1.807, 2.05) is 116 Å². The van der Waals surface area contributed by atoms with E-state index in [1.54, 1.807) is 28.9 Å². The fourth-order valence-corrected chi connectivity index (χ4v) is 26.0. The molecule has 0 aliphatic heterocycles. The predicted molar refractivity (Wildman–Crippen MR) is 495 cm³/mol. The number of halogens is 5. The molecule has 0 radical (unpaired) electrons. The van der Waals surface area contributed by atoms with Crippen LogP contribution < -0.4 is 0 Å². The number of allylic oxidation sites excluding steroid dienone is 28. The molecule has 7 aliphatic rings. The number of hydrogen-bond donors (Lipinski definition) is 0. The molecule has 8 nitrogen and oxygen atoms in total. The third kappa shape index (κ3) is 37.1. The van der Waals surface area contributed by atoms with Gasteiger partial charge in [-0.2, -0.15) is 0 Å². The summed E-state index contributed by atoms with van der Waals surface area (Å²) in [6, 6.07) is 41.8. The standard InChI is InChI=1S/C14H12Se.2C13H12O2Se.C13H10SSe.C13H10Se2.C12H10O2Se2.C5H6.C4H4Cl2O2.C4H4Se.Al.3ClH/c1-2-6-11(5-1)13-9-10-14(15-13)12-7-3-4-8-12;2*14-11(10-4-1-2-5-10)7-8-12(15)13-6-3-9-16-13;1-2-5-10(4-1)11-7-8-12(14-11)13-6-3-9-15-13;1-3-12(14-7-1)10-5-6-11(9-10)13-4-2-8-15-13;13-9(11-3-1-7-15-11)5-6-10(14)12-4-2-8-16-12;1-2-4-5-3-1;5-3(7)1-2-4(6)8;1-2-4-5-3-1;;;;/h1-5,7,9-10H,6,8H2;2*1-4,6,9H,5,7-8H2;1-4,6-9H,5H2;1-8H,9H2;1-4,7-8H,5-6H2;1-4H,5H2;1-2H2;1-4H;;3*1H/q;;;;;;;;;+3;;;/p-3. The Morgan fingerprint density at radius 1 is 0.304 bits per heavy atom. The molecule has 0 aromatic carbocycles. The Morgan fingerprint density at radius 2 is 0.643 bits per heavy atom. The van der Waals surface area contributed by atoms with Crippen LogP contribution in [0.5, 0.6) is 0 Å². The molecule has 115 heavy (non-hydrogen) atoms. The molecular formula is C91H80AlCl5O8SSe9. The second-order valence-corrected chi connectivity index (χ2v) is 51.0. The first-order chi connectivity index (χ1) is 56.0. The van der Waals surface area contributed by atoms with Gasteiger partial charge in [0, 0.05) is 12.8 Å². The van der Waals surface area contributed by atoms with Crippen molar-refractivity contribution in [3.05, 3.63) is 345 Å². The molecule has 10 aromatic heterocycles. The van der Waals surface area contributed by atoms with Crippen LogP contribution in [-0.2, 0) is 19.2 Å². The van der Waals surface area contributed by atoms with Crippen LogP contribution in [0.1, 0.15) is 156 Å². The molecule has 0 unspecified atom stereocenters. The van der Waals surface area contributed by atoms with Crippen molar-refractivity contribution in [1.29, 1.82) is 0 Å². The molecule has 590 valence electrons. The Kier molecular flexibility index (Phi) is 46.7. The van der Waals surface area contributed by atoms with Gasteiger partial charge in [0.05, 0.1) is 0 Å². The molecule has 0 amide bonds. The van der Waals surface area contributed by atoms with Gasteiger partial charge in [0.25, 0.3) is 0 Å². The minimum atomic E-state index is -1.72. The summed E-state index contributed by atoms with van der Waals surface area (Å²) >= 11 is 13.7. The zero-order valence-corrected chi connectivity index (χ0v) is 83.5. The van der Waals surface area contributed by atoms with E-state index in [9.17, 15) is 38.4 Å². The maximum atomic E-state index is 11.7. The molecule has 0 spiro atoms. The van der Waals surface area contributed by atoms with Gasteiger partial charge < -0.3 is 0 Å². The van der Waals surface area contributed by atoms with Gasteiger partial charge in [-0.25, -0.2) is 30.1 Å². The Bertz CT molecular complexity index is 4870. The van der Waals surface area contributed by atoms with E-state index >= 15 is 0 Å².